The fraction of sp³-hybridized carbons (Fsp3) is 0.318. The van der Waals surface area contributed by atoms with Gasteiger partial charge in [-0.05, 0) is 42.8 Å². The van der Waals surface area contributed by atoms with Crippen molar-refractivity contribution < 1.29 is 23.5 Å². The number of nitrogens with zero attached hydrogens (tertiary/aromatic N) is 2. The summed E-state index contributed by atoms with van der Waals surface area (Å²) in [5.74, 6) is 2.70. The zero-order chi connectivity index (χ0) is 21.5. The number of carbonyl (C=O) groups is 1. The molecule has 0 unspecified atom stereocenters. The fourth-order valence-electron chi connectivity index (χ4n) is 2.96. The first-order chi connectivity index (χ1) is 14.5. The summed E-state index contributed by atoms with van der Waals surface area (Å²) in [6, 6.07) is 12.8. The summed E-state index contributed by atoms with van der Waals surface area (Å²) < 4.78 is 21.0. The van der Waals surface area contributed by atoms with Crippen LogP contribution in [0.2, 0.25) is 0 Å². The Balaban J connectivity index is 1.56. The average molecular weight is 411 g/mol. The molecule has 0 saturated heterocycles. The van der Waals surface area contributed by atoms with Crippen molar-refractivity contribution >= 4 is 5.91 Å². The molecule has 8 nitrogen and oxygen atoms in total. The van der Waals surface area contributed by atoms with Crippen LogP contribution in [0.5, 0.6) is 17.2 Å². The van der Waals surface area contributed by atoms with Crippen LogP contribution in [-0.2, 0) is 11.2 Å². The molecule has 3 rings (SSSR count). The lowest BCUT2D eigenvalue weighted by Crippen LogP contribution is -2.26. The Labute approximate surface area is 175 Å². The second-order valence-corrected chi connectivity index (χ2v) is 6.64. The maximum Gasteiger partial charge on any atom is 0.227 e. The van der Waals surface area contributed by atoms with Gasteiger partial charge in [0.15, 0.2) is 11.5 Å². The third kappa shape index (κ3) is 5.08. The van der Waals surface area contributed by atoms with Gasteiger partial charge in [0.1, 0.15) is 5.75 Å². The number of rotatable bonds is 9. The zero-order valence-corrected chi connectivity index (χ0v) is 17.5. The van der Waals surface area contributed by atoms with E-state index in [1.165, 1.54) is 0 Å². The highest BCUT2D eigenvalue weighted by molar-refractivity contribution is 5.76. The zero-order valence-electron chi connectivity index (χ0n) is 17.5. The van der Waals surface area contributed by atoms with Crippen LogP contribution < -0.4 is 19.5 Å². The minimum atomic E-state index is -0.117. The average Bonchev–Trinajstić information content (AvgIpc) is 3.26. The van der Waals surface area contributed by atoms with Gasteiger partial charge in [0.05, 0.1) is 27.4 Å². The van der Waals surface area contributed by atoms with Gasteiger partial charge in [-0.2, -0.15) is 4.98 Å². The minimum absolute atomic E-state index is 0.0933. The number of amides is 1. The predicted molar refractivity (Wildman–Crippen MR) is 111 cm³/mol. The van der Waals surface area contributed by atoms with Crippen LogP contribution in [0, 0.1) is 0 Å². The van der Waals surface area contributed by atoms with Gasteiger partial charge in [-0.1, -0.05) is 17.3 Å². The third-order valence-electron chi connectivity index (χ3n) is 4.67. The molecule has 0 saturated carbocycles. The number of aromatic nitrogens is 2. The largest absolute Gasteiger partial charge is 0.497 e. The first kappa shape index (κ1) is 21.2. The molecule has 0 radical (unpaired) electrons. The highest BCUT2D eigenvalue weighted by Crippen LogP contribution is 2.31. The highest BCUT2D eigenvalue weighted by Gasteiger charge is 2.14. The third-order valence-corrected chi connectivity index (χ3v) is 4.67. The molecular weight excluding hydrogens is 386 g/mol. The molecule has 0 aliphatic heterocycles. The molecule has 8 heteroatoms. The Hall–Kier alpha value is -3.55. The van der Waals surface area contributed by atoms with Crippen molar-refractivity contribution in [3.05, 3.63) is 53.9 Å². The summed E-state index contributed by atoms with van der Waals surface area (Å²) in [5, 5.41) is 6.96. The van der Waals surface area contributed by atoms with Gasteiger partial charge in [0.2, 0.25) is 17.6 Å². The van der Waals surface area contributed by atoms with Crippen molar-refractivity contribution in [2.24, 2.45) is 0 Å². The summed E-state index contributed by atoms with van der Waals surface area (Å²) in [7, 11) is 4.76. The minimum Gasteiger partial charge on any atom is -0.497 e. The van der Waals surface area contributed by atoms with Gasteiger partial charge in [0.25, 0.3) is 0 Å². The second-order valence-electron chi connectivity index (χ2n) is 6.64. The van der Waals surface area contributed by atoms with E-state index in [9.17, 15) is 4.79 Å². The summed E-state index contributed by atoms with van der Waals surface area (Å²) in [4.78, 5) is 16.7. The molecule has 1 amide bonds. The van der Waals surface area contributed by atoms with E-state index in [1.54, 1.807) is 33.5 Å². The first-order valence-electron chi connectivity index (χ1n) is 9.52. The summed E-state index contributed by atoms with van der Waals surface area (Å²) in [6.07, 6.45) is 0.593. The molecule has 0 fully saturated rings. The number of methoxy groups -OCH3 is 3. The van der Waals surface area contributed by atoms with Crippen LogP contribution >= 0.6 is 0 Å². The molecule has 0 aliphatic carbocycles. The van der Waals surface area contributed by atoms with Crippen molar-refractivity contribution in [3.8, 4) is 28.6 Å². The lowest BCUT2D eigenvalue weighted by Gasteiger charge is -2.14. The standard InChI is InChI=1S/C22H25N3O5/c1-14(15-5-8-17(27-2)9-6-15)23-20(26)11-12-21-24-22(25-30-21)16-7-10-18(28-3)19(13-16)29-4/h5-10,13-14H,11-12H2,1-4H3,(H,23,26)/t14-/m1/s1. The normalized spacial score (nSPS) is 11.6. The lowest BCUT2D eigenvalue weighted by molar-refractivity contribution is -0.121. The second kappa shape index (κ2) is 9.78. The molecule has 1 heterocycles. The van der Waals surface area contributed by atoms with E-state index in [0.717, 1.165) is 16.9 Å². The topological polar surface area (TPSA) is 95.7 Å². The fourth-order valence-corrected chi connectivity index (χ4v) is 2.96. The van der Waals surface area contributed by atoms with Crippen molar-refractivity contribution in [3.63, 3.8) is 0 Å². The van der Waals surface area contributed by atoms with Crippen LogP contribution in [0.1, 0.15) is 30.8 Å². The Morgan fingerprint density at radius 2 is 1.77 bits per heavy atom. The van der Waals surface area contributed by atoms with Crippen LogP contribution in [0.4, 0.5) is 0 Å². The van der Waals surface area contributed by atoms with E-state index in [1.807, 2.05) is 37.3 Å². The van der Waals surface area contributed by atoms with Gasteiger partial charge >= 0.3 is 0 Å². The molecule has 3 aromatic rings. The Morgan fingerprint density at radius 1 is 1.03 bits per heavy atom. The first-order valence-corrected chi connectivity index (χ1v) is 9.52. The Kier molecular flexibility index (Phi) is 6.90. The molecule has 0 aliphatic rings. The van der Waals surface area contributed by atoms with Crippen molar-refractivity contribution in [1.82, 2.24) is 15.5 Å². The van der Waals surface area contributed by atoms with E-state index in [4.69, 9.17) is 18.7 Å². The lowest BCUT2D eigenvalue weighted by atomic mass is 10.1. The van der Waals surface area contributed by atoms with Crippen LogP contribution in [-0.4, -0.2) is 37.4 Å². The highest BCUT2D eigenvalue weighted by atomic mass is 16.5. The van der Waals surface area contributed by atoms with Crippen LogP contribution in [0.3, 0.4) is 0 Å². The van der Waals surface area contributed by atoms with Crippen molar-refractivity contribution in [1.29, 1.82) is 0 Å². The van der Waals surface area contributed by atoms with Gasteiger partial charge in [-0.25, -0.2) is 0 Å². The smallest absolute Gasteiger partial charge is 0.227 e. The number of aryl methyl sites for hydroxylation is 1. The van der Waals surface area contributed by atoms with Crippen LogP contribution in [0.25, 0.3) is 11.4 Å². The van der Waals surface area contributed by atoms with E-state index in [0.29, 0.717) is 29.6 Å². The Morgan fingerprint density at radius 3 is 2.43 bits per heavy atom. The molecule has 1 atom stereocenters. The van der Waals surface area contributed by atoms with E-state index < -0.39 is 0 Å². The van der Waals surface area contributed by atoms with Gasteiger partial charge in [-0.3, -0.25) is 4.79 Å². The molecule has 1 aromatic heterocycles. The number of carbonyl (C=O) groups excluding carboxylic acids is 1. The maximum atomic E-state index is 12.3. The molecule has 2 aromatic carbocycles. The number of nitrogens with one attached hydrogen (secondary N) is 1. The summed E-state index contributed by atoms with van der Waals surface area (Å²) >= 11 is 0. The van der Waals surface area contributed by atoms with E-state index >= 15 is 0 Å². The quantitative estimate of drug-likeness (QED) is 0.575. The molecule has 0 spiro atoms. The Bertz CT molecular complexity index is 985. The van der Waals surface area contributed by atoms with Gasteiger partial charge < -0.3 is 24.1 Å². The van der Waals surface area contributed by atoms with Crippen molar-refractivity contribution in [2.45, 2.75) is 25.8 Å². The molecule has 30 heavy (non-hydrogen) atoms. The predicted octanol–water partition coefficient (Wildman–Crippen LogP) is 3.57. The number of benzene rings is 2. The van der Waals surface area contributed by atoms with E-state index in [2.05, 4.69) is 15.5 Å². The monoisotopic (exact) mass is 411 g/mol. The van der Waals surface area contributed by atoms with Crippen molar-refractivity contribution in [2.75, 3.05) is 21.3 Å². The number of ether oxygens (including phenoxy) is 3. The van der Waals surface area contributed by atoms with Gasteiger partial charge in [0, 0.05) is 18.4 Å². The summed E-state index contributed by atoms with van der Waals surface area (Å²) in [6.45, 7) is 1.93. The maximum absolute atomic E-state index is 12.3. The van der Waals surface area contributed by atoms with Gasteiger partial charge in [-0.15, -0.1) is 0 Å². The number of hydrogen-bond acceptors (Lipinski definition) is 7. The van der Waals surface area contributed by atoms with Crippen LogP contribution in [0.15, 0.2) is 47.0 Å². The van der Waals surface area contributed by atoms with E-state index in [-0.39, 0.29) is 18.4 Å². The molecule has 0 bridgehead atoms. The molecular formula is C22H25N3O5. The SMILES string of the molecule is COc1ccc([C@@H](C)NC(=O)CCc2nc(-c3ccc(OC)c(OC)c3)no2)cc1. The molecule has 1 N–H and O–H groups in total. The summed E-state index contributed by atoms with van der Waals surface area (Å²) in [5.41, 5.74) is 1.73. The molecule has 158 valence electrons. The number of hydrogen-bond donors (Lipinski definition) is 1.